The highest BCUT2D eigenvalue weighted by atomic mass is 32.2. The maximum atomic E-state index is 11.6. The van der Waals surface area contributed by atoms with Gasteiger partial charge in [-0.05, 0) is 61.6 Å². The molecule has 4 aromatic rings. The second kappa shape index (κ2) is 12.1. The summed E-state index contributed by atoms with van der Waals surface area (Å²) >= 11 is 3.10. The summed E-state index contributed by atoms with van der Waals surface area (Å²) in [7, 11) is 0. The predicted octanol–water partition coefficient (Wildman–Crippen LogP) is 6.90. The third kappa shape index (κ3) is 6.71. The molecule has 1 saturated heterocycles. The SMILES string of the molecule is CC(=O)N1CCC(Cc2csc(Nc3ncc(Sc4ccc(C#N)cc4)cc3Oc3ccccc3)n2)CC1. The van der Waals surface area contributed by atoms with Crippen molar-refractivity contribution in [3.05, 3.63) is 83.5 Å². The molecule has 0 unspecified atom stereocenters. The van der Waals surface area contributed by atoms with E-state index in [0.717, 1.165) is 58.7 Å². The second-order valence-corrected chi connectivity index (χ2v) is 11.1. The molecule has 38 heavy (non-hydrogen) atoms. The van der Waals surface area contributed by atoms with Gasteiger partial charge in [-0.2, -0.15) is 5.26 Å². The number of carbonyl (C=O) groups is 1. The number of likely N-dealkylation sites (tertiary alicyclic amines) is 1. The number of rotatable bonds is 8. The largest absolute Gasteiger partial charge is 0.453 e. The highest BCUT2D eigenvalue weighted by molar-refractivity contribution is 7.99. The molecular formula is C29H27N5O2S2. The lowest BCUT2D eigenvalue weighted by molar-refractivity contribution is -0.130. The molecule has 0 spiro atoms. The topological polar surface area (TPSA) is 91.1 Å². The first-order valence-electron chi connectivity index (χ1n) is 12.4. The lowest BCUT2D eigenvalue weighted by Crippen LogP contribution is -2.37. The summed E-state index contributed by atoms with van der Waals surface area (Å²) in [6.07, 6.45) is 4.73. The van der Waals surface area contributed by atoms with E-state index in [2.05, 4.69) is 21.8 Å². The number of thiazole rings is 1. The summed E-state index contributed by atoms with van der Waals surface area (Å²) in [5.74, 6) is 2.60. The Bertz CT molecular complexity index is 1430. The number of nitriles is 1. The van der Waals surface area contributed by atoms with Crippen molar-refractivity contribution in [1.29, 1.82) is 5.26 Å². The number of piperidine rings is 1. The molecule has 7 nitrogen and oxygen atoms in total. The van der Waals surface area contributed by atoms with Crippen LogP contribution in [0.5, 0.6) is 11.5 Å². The van der Waals surface area contributed by atoms with Gasteiger partial charge in [-0.25, -0.2) is 9.97 Å². The molecule has 2 aromatic heterocycles. The van der Waals surface area contributed by atoms with Crippen LogP contribution in [0.25, 0.3) is 0 Å². The van der Waals surface area contributed by atoms with Gasteiger partial charge in [0, 0.05) is 47.4 Å². The Hall–Kier alpha value is -3.87. The fourth-order valence-electron chi connectivity index (χ4n) is 4.31. The van der Waals surface area contributed by atoms with Crippen molar-refractivity contribution in [2.75, 3.05) is 18.4 Å². The second-order valence-electron chi connectivity index (χ2n) is 9.09. The number of ether oxygens (including phenoxy) is 1. The maximum absolute atomic E-state index is 11.6. The van der Waals surface area contributed by atoms with E-state index in [4.69, 9.17) is 15.0 Å². The molecule has 1 N–H and O–H groups in total. The van der Waals surface area contributed by atoms with Gasteiger partial charge < -0.3 is 15.0 Å². The van der Waals surface area contributed by atoms with E-state index in [1.165, 1.54) is 0 Å². The van der Waals surface area contributed by atoms with Gasteiger partial charge in [0.2, 0.25) is 5.91 Å². The van der Waals surface area contributed by atoms with E-state index >= 15 is 0 Å². The molecule has 1 amide bonds. The van der Waals surface area contributed by atoms with Crippen LogP contribution >= 0.6 is 23.1 Å². The first-order valence-corrected chi connectivity index (χ1v) is 14.1. The van der Waals surface area contributed by atoms with Crippen molar-refractivity contribution in [3.63, 3.8) is 0 Å². The van der Waals surface area contributed by atoms with Gasteiger partial charge in [0.05, 0.1) is 17.3 Å². The molecule has 0 saturated carbocycles. The minimum atomic E-state index is 0.158. The van der Waals surface area contributed by atoms with Crippen LogP contribution in [-0.2, 0) is 11.2 Å². The van der Waals surface area contributed by atoms with Crippen molar-refractivity contribution in [1.82, 2.24) is 14.9 Å². The third-order valence-electron chi connectivity index (χ3n) is 6.35. The van der Waals surface area contributed by atoms with Gasteiger partial charge in [-0.1, -0.05) is 30.0 Å². The standard InChI is InChI=1S/C29H27N5O2S2/c1-20(35)34-13-11-21(12-14-34)15-23-19-37-29(32-23)33-28-27(36-24-5-3-2-4-6-24)16-26(18-31-28)38-25-9-7-22(17-30)8-10-25/h2-10,16,18-19,21H,11-15H2,1H3,(H,31,32,33). The molecule has 1 aliphatic heterocycles. The van der Waals surface area contributed by atoms with Gasteiger partial charge in [0.1, 0.15) is 5.75 Å². The van der Waals surface area contributed by atoms with Crippen LogP contribution < -0.4 is 10.1 Å². The van der Waals surface area contributed by atoms with E-state index in [9.17, 15) is 4.79 Å². The molecule has 0 bridgehead atoms. The average Bonchev–Trinajstić information content (AvgIpc) is 3.38. The number of nitrogens with zero attached hydrogens (tertiary/aromatic N) is 4. The van der Waals surface area contributed by atoms with Gasteiger partial charge in [-0.3, -0.25) is 4.79 Å². The number of hydrogen-bond acceptors (Lipinski definition) is 8. The third-order valence-corrected chi connectivity index (χ3v) is 8.13. The van der Waals surface area contributed by atoms with Gasteiger partial charge in [-0.15, -0.1) is 11.3 Å². The average molecular weight is 542 g/mol. The van der Waals surface area contributed by atoms with Crippen LogP contribution in [0.3, 0.4) is 0 Å². The quantitative estimate of drug-likeness (QED) is 0.259. The Morgan fingerprint density at radius 2 is 1.92 bits per heavy atom. The smallest absolute Gasteiger partial charge is 0.219 e. The molecule has 1 aliphatic rings. The van der Waals surface area contributed by atoms with E-state index < -0.39 is 0 Å². The Morgan fingerprint density at radius 3 is 2.63 bits per heavy atom. The molecule has 3 heterocycles. The highest BCUT2D eigenvalue weighted by Gasteiger charge is 2.22. The molecule has 1 fully saturated rings. The number of hydrogen-bond donors (Lipinski definition) is 1. The summed E-state index contributed by atoms with van der Waals surface area (Å²) in [5, 5.41) is 15.3. The number of benzene rings is 2. The summed E-state index contributed by atoms with van der Waals surface area (Å²) in [6, 6.07) is 21.2. The fraction of sp³-hybridized carbons (Fsp3) is 0.241. The Balaban J connectivity index is 1.30. The summed E-state index contributed by atoms with van der Waals surface area (Å²) < 4.78 is 6.22. The fourth-order valence-corrected chi connectivity index (χ4v) is 5.85. The number of carbonyl (C=O) groups excluding carboxylic acids is 1. The van der Waals surface area contributed by atoms with Crippen molar-refractivity contribution >= 4 is 40.0 Å². The van der Waals surface area contributed by atoms with Crippen LogP contribution in [-0.4, -0.2) is 33.9 Å². The van der Waals surface area contributed by atoms with E-state index in [1.807, 2.05) is 53.4 Å². The minimum absolute atomic E-state index is 0.158. The Morgan fingerprint density at radius 1 is 1.16 bits per heavy atom. The van der Waals surface area contributed by atoms with Crippen LogP contribution in [0.4, 0.5) is 10.9 Å². The zero-order chi connectivity index (χ0) is 26.3. The molecule has 192 valence electrons. The molecule has 9 heteroatoms. The first kappa shape index (κ1) is 25.8. The molecular weight excluding hydrogens is 514 g/mol. The van der Waals surface area contributed by atoms with Crippen LogP contribution in [0.1, 0.15) is 31.0 Å². The molecule has 2 aromatic carbocycles. The van der Waals surface area contributed by atoms with E-state index in [0.29, 0.717) is 23.0 Å². The monoisotopic (exact) mass is 541 g/mol. The van der Waals surface area contributed by atoms with Gasteiger partial charge in [0.15, 0.2) is 16.7 Å². The number of aromatic nitrogens is 2. The van der Waals surface area contributed by atoms with E-state index in [-0.39, 0.29) is 5.91 Å². The minimum Gasteiger partial charge on any atom is -0.453 e. The zero-order valence-electron chi connectivity index (χ0n) is 21.0. The zero-order valence-corrected chi connectivity index (χ0v) is 22.6. The van der Waals surface area contributed by atoms with E-state index in [1.54, 1.807) is 48.4 Å². The summed E-state index contributed by atoms with van der Waals surface area (Å²) in [6.45, 7) is 3.29. The first-order chi connectivity index (χ1) is 18.6. The Labute approximate surface area is 230 Å². The molecule has 0 atom stereocenters. The lowest BCUT2D eigenvalue weighted by atomic mass is 9.92. The number of amides is 1. The summed E-state index contributed by atoms with van der Waals surface area (Å²) in [4.78, 5) is 24.9. The number of para-hydroxylation sites is 1. The summed E-state index contributed by atoms with van der Waals surface area (Å²) in [5.41, 5.74) is 1.68. The number of nitrogens with one attached hydrogen (secondary N) is 1. The van der Waals surface area contributed by atoms with Gasteiger partial charge in [0.25, 0.3) is 0 Å². The predicted molar refractivity (Wildman–Crippen MR) is 150 cm³/mol. The number of anilines is 2. The van der Waals surface area contributed by atoms with Crippen molar-refractivity contribution in [2.45, 2.75) is 36.0 Å². The van der Waals surface area contributed by atoms with Crippen LogP contribution in [0.15, 0.2) is 82.0 Å². The van der Waals surface area contributed by atoms with Crippen LogP contribution in [0, 0.1) is 17.2 Å². The van der Waals surface area contributed by atoms with Crippen molar-refractivity contribution in [3.8, 4) is 17.6 Å². The molecule has 5 rings (SSSR count). The van der Waals surface area contributed by atoms with Crippen molar-refractivity contribution < 1.29 is 9.53 Å². The molecule has 0 aliphatic carbocycles. The molecule has 0 radical (unpaired) electrons. The van der Waals surface area contributed by atoms with Crippen LogP contribution in [0.2, 0.25) is 0 Å². The Kier molecular flexibility index (Phi) is 8.22. The lowest BCUT2D eigenvalue weighted by Gasteiger charge is -2.30. The van der Waals surface area contributed by atoms with Crippen molar-refractivity contribution in [2.24, 2.45) is 5.92 Å². The highest BCUT2D eigenvalue weighted by Crippen LogP contribution is 2.37. The maximum Gasteiger partial charge on any atom is 0.219 e. The number of pyridine rings is 1. The van der Waals surface area contributed by atoms with Gasteiger partial charge >= 0.3 is 0 Å². The normalized spacial score (nSPS) is 13.6.